The summed E-state index contributed by atoms with van der Waals surface area (Å²) in [7, 11) is 2.19. The quantitative estimate of drug-likeness (QED) is 0.646. The molecule has 0 radical (unpaired) electrons. The molecule has 1 saturated carbocycles. The van der Waals surface area contributed by atoms with E-state index in [1.807, 2.05) is 0 Å². The highest BCUT2D eigenvalue weighted by atomic mass is 32.1. The Bertz CT molecular complexity index is 127. The largest absolute Gasteiger partial charge is 0.306 e. The number of hydrogen-bond donors (Lipinski definition) is 1. The third-order valence-corrected chi connectivity index (χ3v) is 3.36. The van der Waals surface area contributed by atoms with Crippen LogP contribution in [-0.2, 0) is 0 Å². The zero-order valence-corrected chi connectivity index (χ0v) is 9.19. The predicted octanol–water partition coefficient (Wildman–Crippen LogP) is 2.28. The summed E-state index contributed by atoms with van der Waals surface area (Å²) in [6, 6.07) is 0. The standard InChI is InChI=1S/C10H21NS/c1-9-3-4-10(9)5-6-11(2)7-8-12/h9-10,12H,3-8H2,1-2H3/t9-,10?/m1/s1. The summed E-state index contributed by atoms with van der Waals surface area (Å²) in [6.45, 7) is 4.77. The van der Waals surface area contributed by atoms with Crippen molar-refractivity contribution < 1.29 is 0 Å². The first-order valence-electron chi connectivity index (χ1n) is 5.03. The van der Waals surface area contributed by atoms with Crippen molar-refractivity contribution in [2.45, 2.75) is 26.2 Å². The van der Waals surface area contributed by atoms with Gasteiger partial charge in [-0.25, -0.2) is 0 Å². The lowest BCUT2D eigenvalue weighted by Crippen LogP contribution is -2.29. The molecule has 1 aliphatic rings. The molecule has 0 spiro atoms. The molecular weight excluding hydrogens is 166 g/mol. The van der Waals surface area contributed by atoms with Gasteiger partial charge in [0.15, 0.2) is 0 Å². The highest BCUT2D eigenvalue weighted by molar-refractivity contribution is 7.80. The third kappa shape index (κ3) is 2.98. The van der Waals surface area contributed by atoms with Crippen molar-refractivity contribution in [3.05, 3.63) is 0 Å². The van der Waals surface area contributed by atoms with Crippen LogP contribution in [0.3, 0.4) is 0 Å². The van der Waals surface area contributed by atoms with Crippen molar-refractivity contribution in [3.8, 4) is 0 Å². The highest BCUT2D eigenvalue weighted by Gasteiger charge is 2.25. The smallest absolute Gasteiger partial charge is 0.00668 e. The van der Waals surface area contributed by atoms with Crippen molar-refractivity contribution in [1.29, 1.82) is 0 Å². The Morgan fingerprint density at radius 1 is 1.33 bits per heavy atom. The van der Waals surface area contributed by atoms with Crippen LogP contribution in [0.2, 0.25) is 0 Å². The lowest BCUT2D eigenvalue weighted by molar-refractivity contribution is 0.163. The van der Waals surface area contributed by atoms with Crippen molar-refractivity contribution in [2.75, 3.05) is 25.9 Å². The van der Waals surface area contributed by atoms with Gasteiger partial charge in [0.2, 0.25) is 0 Å². The van der Waals surface area contributed by atoms with E-state index in [0.29, 0.717) is 0 Å². The molecule has 2 heteroatoms. The van der Waals surface area contributed by atoms with E-state index in [2.05, 4.69) is 31.5 Å². The number of nitrogens with zero attached hydrogens (tertiary/aromatic N) is 1. The van der Waals surface area contributed by atoms with Gasteiger partial charge in [-0.2, -0.15) is 12.6 Å². The number of thiol groups is 1. The molecule has 0 heterocycles. The van der Waals surface area contributed by atoms with Gasteiger partial charge in [0, 0.05) is 12.3 Å². The summed E-state index contributed by atoms with van der Waals surface area (Å²) in [4.78, 5) is 2.39. The van der Waals surface area contributed by atoms with Gasteiger partial charge in [-0.15, -0.1) is 0 Å². The van der Waals surface area contributed by atoms with Crippen LogP contribution in [0.15, 0.2) is 0 Å². The molecule has 0 aromatic rings. The maximum Gasteiger partial charge on any atom is 0.00668 e. The normalized spacial score (nSPS) is 29.0. The van der Waals surface area contributed by atoms with Crippen LogP contribution in [-0.4, -0.2) is 30.8 Å². The fourth-order valence-corrected chi connectivity index (χ4v) is 2.17. The molecule has 0 aliphatic heterocycles. The molecule has 0 amide bonds. The van der Waals surface area contributed by atoms with Gasteiger partial charge < -0.3 is 4.90 Å². The first kappa shape index (κ1) is 10.4. The maximum absolute atomic E-state index is 4.22. The Hall–Kier alpha value is 0.310. The van der Waals surface area contributed by atoms with Gasteiger partial charge in [-0.1, -0.05) is 13.3 Å². The topological polar surface area (TPSA) is 3.24 Å². The van der Waals surface area contributed by atoms with E-state index < -0.39 is 0 Å². The molecule has 1 unspecified atom stereocenters. The number of rotatable bonds is 5. The highest BCUT2D eigenvalue weighted by Crippen LogP contribution is 2.35. The second-order valence-electron chi connectivity index (χ2n) is 4.13. The average Bonchev–Trinajstić information content (AvgIpc) is 2.03. The van der Waals surface area contributed by atoms with Crippen LogP contribution in [0.1, 0.15) is 26.2 Å². The van der Waals surface area contributed by atoms with Crippen molar-refractivity contribution in [1.82, 2.24) is 4.90 Å². The molecule has 0 aromatic carbocycles. The van der Waals surface area contributed by atoms with Crippen molar-refractivity contribution in [3.63, 3.8) is 0 Å². The molecule has 0 N–H and O–H groups in total. The van der Waals surface area contributed by atoms with E-state index in [4.69, 9.17) is 0 Å². The molecule has 2 atom stereocenters. The van der Waals surface area contributed by atoms with Gasteiger partial charge in [-0.3, -0.25) is 0 Å². The van der Waals surface area contributed by atoms with Crippen molar-refractivity contribution >= 4 is 12.6 Å². The maximum atomic E-state index is 4.22. The summed E-state index contributed by atoms with van der Waals surface area (Å²) in [5.41, 5.74) is 0. The minimum atomic E-state index is 0.983. The second kappa shape index (κ2) is 5.13. The number of hydrogen-bond acceptors (Lipinski definition) is 2. The van der Waals surface area contributed by atoms with Crippen LogP contribution in [0.25, 0.3) is 0 Å². The summed E-state index contributed by atoms with van der Waals surface area (Å²) in [6.07, 6.45) is 4.32. The molecule has 12 heavy (non-hydrogen) atoms. The van der Waals surface area contributed by atoms with Crippen LogP contribution in [0.5, 0.6) is 0 Å². The minimum absolute atomic E-state index is 0.983. The van der Waals surface area contributed by atoms with E-state index >= 15 is 0 Å². The Kier molecular flexibility index (Phi) is 4.44. The molecule has 1 fully saturated rings. The summed E-state index contributed by atoms with van der Waals surface area (Å²) in [5, 5.41) is 0. The Morgan fingerprint density at radius 2 is 2.08 bits per heavy atom. The lowest BCUT2D eigenvalue weighted by atomic mass is 9.73. The zero-order chi connectivity index (χ0) is 8.97. The minimum Gasteiger partial charge on any atom is -0.306 e. The summed E-state index contributed by atoms with van der Waals surface area (Å²) in [5.74, 6) is 3.00. The van der Waals surface area contributed by atoms with Gasteiger partial charge in [0.25, 0.3) is 0 Å². The monoisotopic (exact) mass is 187 g/mol. The first-order valence-corrected chi connectivity index (χ1v) is 5.66. The van der Waals surface area contributed by atoms with Crippen LogP contribution < -0.4 is 0 Å². The fraction of sp³-hybridized carbons (Fsp3) is 1.00. The first-order chi connectivity index (χ1) is 5.74. The van der Waals surface area contributed by atoms with Gasteiger partial charge >= 0.3 is 0 Å². The third-order valence-electron chi connectivity index (χ3n) is 3.16. The summed E-state index contributed by atoms with van der Waals surface area (Å²) < 4.78 is 0. The van der Waals surface area contributed by atoms with E-state index in [0.717, 1.165) is 24.1 Å². The molecule has 1 aliphatic carbocycles. The molecule has 0 aromatic heterocycles. The Morgan fingerprint density at radius 3 is 2.50 bits per heavy atom. The van der Waals surface area contributed by atoms with Crippen LogP contribution in [0, 0.1) is 11.8 Å². The molecule has 0 bridgehead atoms. The molecular formula is C10H21NS. The van der Waals surface area contributed by atoms with Crippen LogP contribution in [0.4, 0.5) is 0 Å². The predicted molar refractivity (Wildman–Crippen MR) is 57.9 cm³/mol. The Labute approximate surface area is 81.9 Å². The zero-order valence-electron chi connectivity index (χ0n) is 8.29. The molecule has 1 nitrogen and oxygen atoms in total. The second-order valence-corrected chi connectivity index (χ2v) is 4.58. The van der Waals surface area contributed by atoms with Crippen molar-refractivity contribution in [2.24, 2.45) is 11.8 Å². The van der Waals surface area contributed by atoms with E-state index in [9.17, 15) is 0 Å². The fourth-order valence-electron chi connectivity index (χ4n) is 1.83. The van der Waals surface area contributed by atoms with Crippen LogP contribution >= 0.6 is 12.6 Å². The lowest BCUT2D eigenvalue weighted by Gasteiger charge is -2.35. The average molecular weight is 187 g/mol. The summed E-state index contributed by atoms with van der Waals surface area (Å²) >= 11 is 4.22. The Balaban J connectivity index is 2.00. The van der Waals surface area contributed by atoms with Gasteiger partial charge in [-0.05, 0) is 38.3 Å². The van der Waals surface area contributed by atoms with E-state index in [-0.39, 0.29) is 0 Å². The van der Waals surface area contributed by atoms with E-state index in [1.54, 1.807) is 0 Å². The van der Waals surface area contributed by atoms with Gasteiger partial charge in [0.1, 0.15) is 0 Å². The van der Waals surface area contributed by atoms with E-state index in [1.165, 1.54) is 25.8 Å². The molecule has 0 saturated heterocycles. The SMILES string of the molecule is C[C@@H]1CCC1CCN(C)CCS. The van der Waals surface area contributed by atoms with Gasteiger partial charge in [0.05, 0.1) is 0 Å². The molecule has 72 valence electrons. The molecule has 1 rings (SSSR count).